The molecule has 0 saturated heterocycles. The molecule has 0 bridgehead atoms. The monoisotopic (exact) mass is 326 g/mol. The van der Waals surface area contributed by atoms with Crippen molar-refractivity contribution in [2.45, 2.75) is 0 Å². The zero-order valence-electron chi connectivity index (χ0n) is 11.0. The molecular formula is C14H13BCl2O4. The van der Waals surface area contributed by atoms with Crippen LogP contribution in [-0.4, -0.2) is 30.4 Å². The van der Waals surface area contributed by atoms with Crippen LogP contribution in [0, 0.1) is 0 Å². The summed E-state index contributed by atoms with van der Waals surface area (Å²) in [6.07, 6.45) is 0. The lowest BCUT2D eigenvalue weighted by atomic mass is 9.80. The second-order valence-corrected chi connectivity index (χ2v) is 5.00. The van der Waals surface area contributed by atoms with Crippen molar-refractivity contribution < 1.29 is 19.5 Å². The van der Waals surface area contributed by atoms with Crippen molar-refractivity contribution in [2.24, 2.45) is 0 Å². The molecule has 0 saturated carbocycles. The maximum atomic E-state index is 8.98. The standard InChI is InChI=1S/C14H13BCl2O4/c16-12-2-1-3-13(17)14(12)21-9-8-20-11-6-4-10(5-7-11)15(18)19/h1-7,18-19H,8-9H2. The second-order valence-electron chi connectivity index (χ2n) is 4.19. The van der Waals surface area contributed by atoms with Gasteiger partial charge in [-0.1, -0.05) is 41.4 Å². The first-order valence-corrected chi connectivity index (χ1v) is 6.99. The molecule has 0 atom stereocenters. The highest BCUT2D eigenvalue weighted by Gasteiger charge is 2.10. The van der Waals surface area contributed by atoms with Gasteiger partial charge in [0.1, 0.15) is 19.0 Å². The van der Waals surface area contributed by atoms with Gasteiger partial charge < -0.3 is 19.5 Å². The van der Waals surface area contributed by atoms with Gasteiger partial charge in [0.2, 0.25) is 0 Å². The number of hydrogen-bond donors (Lipinski definition) is 2. The van der Waals surface area contributed by atoms with Crippen LogP contribution in [0.5, 0.6) is 11.5 Å². The van der Waals surface area contributed by atoms with E-state index in [0.29, 0.717) is 33.6 Å². The Bertz CT molecular complexity index is 570. The number of halogens is 2. The van der Waals surface area contributed by atoms with E-state index in [1.165, 1.54) is 0 Å². The summed E-state index contributed by atoms with van der Waals surface area (Å²) in [4.78, 5) is 0. The van der Waals surface area contributed by atoms with Crippen LogP contribution in [-0.2, 0) is 0 Å². The minimum atomic E-state index is -1.48. The zero-order chi connectivity index (χ0) is 15.2. The van der Waals surface area contributed by atoms with Gasteiger partial charge in [0.25, 0.3) is 0 Å². The summed E-state index contributed by atoms with van der Waals surface area (Å²) in [7, 11) is -1.48. The number of hydrogen-bond acceptors (Lipinski definition) is 4. The molecule has 0 radical (unpaired) electrons. The molecule has 0 aromatic heterocycles. The Labute approximate surface area is 133 Å². The summed E-state index contributed by atoms with van der Waals surface area (Å²) in [6, 6.07) is 11.6. The summed E-state index contributed by atoms with van der Waals surface area (Å²) in [5.41, 5.74) is 0.404. The average molecular weight is 327 g/mol. The first-order valence-electron chi connectivity index (χ1n) is 6.23. The fraction of sp³-hybridized carbons (Fsp3) is 0.143. The molecule has 4 nitrogen and oxygen atoms in total. The molecule has 0 unspecified atom stereocenters. The summed E-state index contributed by atoms with van der Waals surface area (Å²) in [5, 5.41) is 18.8. The molecule has 0 spiro atoms. The van der Waals surface area contributed by atoms with Gasteiger partial charge in [0.05, 0.1) is 10.0 Å². The number of para-hydroxylation sites is 1. The lowest BCUT2D eigenvalue weighted by molar-refractivity contribution is 0.217. The van der Waals surface area contributed by atoms with E-state index in [4.69, 9.17) is 42.7 Å². The van der Waals surface area contributed by atoms with Gasteiger partial charge in [-0.15, -0.1) is 0 Å². The van der Waals surface area contributed by atoms with Crippen LogP contribution >= 0.6 is 23.2 Å². The maximum Gasteiger partial charge on any atom is 0.488 e. The van der Waals surface area contributed by atoms with Crippen LogP contribution < -0.4 is 14.9 Å². The lowest BCUT2D eigenvalue weighted by Crippen LogP contribution is -2.29. The van der Waals surface area contributed by atoms with Crippen LogP contribution in [0.15, 0.2) is 42.5 Å². The minimum absolute atomic E-state index is 0.286. The third kappa shape index (κ3) is 4.54. The molecule has 0 fully saturated rings. The highest BCUT2D eigenvalue weighted by atomic mass is 35.5. The third-order valence-corrected chi connectivity index (χ3v) is 3.29. The van der Waals surface area contributed by atoms with Crippen LogP contribution in [0.4, 0.5) is 0 Å². The smallest absolute Gasteiger partial charge is 0.488 e. The average Bonchev–Trinajstić information content (AvgIpc) is 2.46. The Morgan fingerprint density at radius 1 is 0.857 bits per heavy atom. The Morgan fingerprint density at radius 3 is 2.00 bits per heavy atom. The molecule has 2 rings (SSSR count). The fourth-order valence-electron chi connectivity index (χ4n) is 1.66. The number of benzene rings is 2. The summed E-state index contributed by atoms with van der Waals surface area (Å²) in [6.45, 7) is 0.594. The molecule has 0 heterocycles. The van der Waals surface area contributed by atoms with Gasteiger partial charge in [-0.2, -0.15) is 0 Å². The maximum absolute atomic E-state index is 8.98. The van der Waals surface area contributed by atoms with Crippen LogP contribution in [0.2, 0.25) is 10.0 Å². The van der Waals surface area contributed by atoms with E-state index >= 15 is 0 Å². The van der Waals surface area contributed by atoms with Crippen molar-refractivity contribution in [3.05, 3.63) is 52.5 Å². The highest BCUT2D eigenvalue weighted by Crippen LogP contribution is 2.32. The van der Waals surface area contributed by atoms with Gasteiger partial charge in [-0.3, -0.25) is 0 Å². The minimum Gasteiger partial charge on any atom is -0.490 e. The number of rotatable bonds is 6. The third-order valence-electron chi connectivity index (χ3n) is 2.70. The van der Waals surface area contributed by atoms with E-state index in [-0.39, 0.29) is 6.61 Å². The number of ether oxygens (including phenoxy) is 2. The SMILES string of the molecule is OB(O)c1ccc(OCCOc2c(Cl)cccc2Cl)cc1. The van der Waals surface area contributed by atoms with Gasteiger partial charge in [0.15, 0.2) is 5.75 Å². The van der Waals surface area contributed by atoms with Gasteiger partial charge >= 0.3 is 7.12 Å². The topological polar surface area (TPSA) is 58.9 Å². The molecule has 0 amide bonds. The van der Waals surface area contributed by atoms with Crippen molar-refractivity contribution in [1.82, 2.24) is 0 Å². The first-order chi connectivity index (χ1) is 10.1. The predicted octanol–water partition coefficient (Wildman–Crippen LogP) is 2.13. The highest BCUT2D eigenvalue weighted by molar-refractivity contribution is 6.58. The molecule has 0 aliphatic carbocycles. The van der Waals surface area contributed by atoms with Crippen LogP contribution in [0.1, 0.15) is 0 Å². The predicted molar refractivity (Wildman–Crippen MR) is 83.7 cm³/mol. The molecule has 2 N–H and O–H groups in total. The summed E-state index contributed by atoms with van der Waals surface area (Å²) >= 11 is 11.9. The van der Waals surface area contributed by atoms with E-state index in [0.717, 1.165) is 0 Å². The van der Waals surface area contributed by atoms with Crippen LogP contribution in [0.25, 0.3) is 0 Å². The largest absolute Gasteiger partial charge is 0.490 e. The first kappa shape index (κ1) is 16.0. The molecule has 2 aromatic carbocycles. The van der Waals surface area contributed by atoms with Crippen LogP contribution in [0.3, 0.4) is 0 Å². The van der Waals surface area contributed by atoms with Crippen molar-refractivity contribution in [1.29, 1.82) is 0 Å². The van der Waals surface area contributed by atoms with Crippen molar-refractivity contribution in [2.75, 3.05) is 13.2 Å². The Hall–Kier alpha value is -1.40. The van der Waals surface area contributed by atoms with E-state index in [9.17, 15) is 0 Å². The second kappa shape index (κ2) is 7.57. The van der Waals surface area contributed by atoms with E-state index in [2.05, 4.69) is 0 Å². The molecule has 2 aromatic rings. The van der Waals surface area contributed by atoms with Gasteiger partial charge in [-0.05, 0) is 29.7 Å². The van der Waals surface area contributed by atoms with Gasteiger partial charge in [0, 0.05) is 0 Å². The van der Waals surface area contributed by atoms with E-state index in [1.54, 1.807) is 42.5 Å². The normalized spacial score (nSPS) is 10.3. The molecule has 0 aliphatic rings. The Kier molecular flexibility index (Phi) is 5.76. The lowest BCUT2D eigenvalue weighted by Gasteiger charge is -2.11. The van der Waals surface area contributed by atoms with E-state index < -0.39 is 7.12 Å². The van der Waals surface area contributed by atoms with Crippen molar-refractivity contribution in [3.8, 4) is 11.5 Å². The summed E-state index contributed by atoms with van der Waals surface area (Å²) in [5.74, 6) is 1.04. The quantitative estimate of drug-likeness (QED) is 0.630. The molecule has 110 valence electrons. The van der Waals surface area contributed by atoms with Gasteiger partial charge in [-0.25, -0.2) is 0 Å². The molecular weight excluding hydrogens is 314 g/mol. The Balaban J connectivity index is 1.82. The molecule has 7 heteroatoms. The molecule has 21 heavy (non-hydrogen) atoms. The Morgan fingerprint density at radius 2 is 1.43 bits per heavy atom. The zero-order valence-corrected chi connectivity index (χ0v) is 12.5. The van der Waals surface area contributed by atoms with E-state index in [1.807, 2.05) is 0 Å². The summed E-state index contributed by atoms with van der Waals surface area (Å²) < 4.78 is 11.0. The van der Waals surface area contributed by atoms with Crippen molar-refractivity contribution >= 4 is 35.8 Å². The fourth-order valence-corrected chi connectivity index (χ4v) is 2.17. The molecule has 0 aliphatic heterocycles. The van der Waals surface area contributed by atoms with Crippen molar-refractivity contribution in [3.63, 3.8) is 0 Å².